The SMILES string of the molecule is CCCCOc1cccc(N(C)c2nc(OCCC)ncc2C(F)(F)F)c1. The molecule has 0 atom stereocenters. The van der Waals surface area contributed by atoms with Crippen LogP contribution >= 0.6 is 0 Å². The Balaban J connectivity index is 2.35. The van der Waals surface area contributed by atoms with E-state index in [1.54, 1.807) is 24.3 Å². The summed E-state index contributed by atoms with van der Waals surface area (Å²) >= 11 is 0. The molecule has 0 spiro atoms. The van der Waals surface area contributed by atoms with Gasteiger partial charge in [-0.3, -0.25) is 0 Å². The molecule has 0 saturated heterocycles. The first-order valence-corrected chi connectivity index (χ1v) is 8.90. The van der Waals surface area contributed by atoms with E-state index in [-0.39, 0.29) is 11.8 Å². The summed E-state index contributed by atoms with van der Waals surface area (Å²) in [5.74, 6) is 0.326. The molecule has 0 aliphatic rings. The summed E-state index contributed by atoms with van der Waals surface area (Å²) < 4.78 is 51.2. The molecule has 1 heterocycles. The van der Waals surface area contributed by atoms with Gasteiger partial charge in [0, 0.05) is 25.0 Å². The van der Waals surface area contributed by atoms with Crippen molar-refractivity contribution in [2.24, 2.45) is 0 Å². The van der Waals surface area contributed by atoms with Crippen molar-refractivity contribution in [1.29, 1.82) is 0 Å². The van der Waals surface area contributed by atoms with Crippen LogP contribution in [0, 0.1) is 0 Å². The van der Waals surface area contributed by atoms with Crippen LogP contribution in [0.4, 0.5) is 24.7 Å². The Hall–Kier alpha value is -2.51. The molecule has 2 rings (SSSR count). The lowest BCUT2D eigenvalue weighted by Crippen LogP contribution is -2.19. The Morgan fingerprint density at radius 2 is 1.85 bits per heavy atom. The van der Waals surface area contributed by atoms with Crippen molar-refractivity contribution in [3.8, 4) is 11.8 Å². The largest absolute Gasteiger partial charge is 0.494 e. The third-order valence-corrected chi connectivity index (χ3v) is 3.78. The first-order chi connectivity index (χ1) is 12.9. The summed E-state index contributed by atoms with van der Waals surface area (Å²) in [6.45, 7) is 4.83. The minimum absolute atomic E-state index is 0.0814. The highest BCUT2D eigenvalue weighted by atomic mass is 19.4. The highest BCUT2D eigenvalue weighted by molar-refractivity contribution is 5.64. The average molecular weight is 383 g/mol. The second-order valence-corrected chi connectivity index (χ2v) is 5.99. The number of hydrogen-bond acceptors (Lipinski definition) is 5. The summed E-state index contributed by atoms with van der Waals surface area (Å²) in [5, 5.41) is 0. The maximum absolute atomic E-state index is 13.4. The van der Waals surface area contributed by atoms with Gasteiger partial charge in [0.25, 0.3) is 0 Å². The predicted molar refractivity (Wildman–Crippen MR) is 97.7 cm³/mol. The molecule has 0 N–H and O–H groups in total. The molecule has 8 heteroatoms. The van der Waals surface area contributed by atoms with Gasteiger partial charge in [0.1, 0.15) is 11.3 Å². The lowest BCUT2D eigenvalue weighted by atomic mass is 10.2. The van der Waals surface area contributed by atoms with Gasteiger partial charge >= 0.3 is 12.2 Å². The molecule has 2 aromatic rings. The molecule has 5 nitrogen and oxygen atoms in total. The molecule has 0 unspecified atom stereocenters. The molecule has 0 fully saturated rings. The van der Waals surface area contributed by atoms with Crippen LogP contribution in [0.3, 0.4) is 0 Å². The van der Waals surface area contributed by atoms with Gasteiger partial charge in [-0.2, -0.15) is 18.2 Å². The van der Waals surface area contributed by atoms with Gasteiger partial charge in [-0.25, -0.2) is 4.98 Å². The molecule has 27 heavy (non-hydrogen) atoms. The van der Waals surface area contributed by atoms with Crippen LogP contribution in [-0.2, 0) is 6.18 Å². The van der Waals surface area contributed by atoms with Crippen LogP contribution in [0.5, 0.6) is 11.8 Å². The monoisotopic (exact) mass is 383 g/mol. The molecule has 0 radical (unpaired) electrons. The number of aromatic nitrogens is 2. The number of nitrogens with zero attached hydrogens (tertiary/aromatic N) is 3. The highest BCUT2D eigenvalue weighted by Crippen LogP contribution is 2.38. The minimum Gasteiger partial charge on any atom is -0.494 e. The summed E-state index contributed by atoms with van der Waals surface area (Å²) in [6, 6.07) is 6.80. The van der Waals surface area contributed by atoms with Crippen LogP contribution in [0.1, 0.15) is 38.7 Å². The van der Waals surface area contributed by atoms with E-state index in [4.69, 9.17) is 9.47 Å². The van der Waals surface area contributed by atoms with E-state index in [1.165, 1.54) is 11.9 Å². The molecule has 148 valence electrons. The predicted octanol–water partition coefficient (Wildman–Crippen LogP) is 5.23. The van der Waals surface area contributed by atoms with Gasteiger partial charge in [0.2, 0.25) is 0 Å². The summed E-state index contributed by atoms with van der Waals surface area (Å²) in [5.41, 5.74) is -0.402. The molecular weight excluding hydrogens is 359 g/mol. The van der Waals surface area contributed by atoms with Gasteiger partial charge in [-0.1, -0.05) is 26.3 Å². The molecule has 0 aliphatic carbocycles. The second kappa shape index (κ2) is 9.43. The van der Waals surface area contributed by atoms with Crippen molar-refractivity contribution >= 4 is 11.5 Å². The zero-order valence-corrected chi connectivity index (χ0v) is 15.7. The molecular formula is C19H24F3N3O2. The van der Waals surface area contributed by atoms with Gasteiger partial charge in [-0.15, -0.1) is 0 Å². The fraction of sp³-hybridized carbons (Fsp3) is 0.474. The zero-order chi connectivity index (χ0) is 19.9. The fourth-order valence-electron chi connectivity index (χ4n) is 2.31. The van der Waals surface area contributed by atoms with E-state index in [9.17, 15) is 13.2 Å². The van der Waals surface area contributed by atoms with E-state index >= 15 is 0 Å². The summed E-state index contributed by atoms with van der Waals surface area (Å²) in [4.78, 5) is 9.03. The number of unbranched alkanes of at least 4 members (excludes halogenated alkanes) is 1. The van der Waals surface area contributed by atoms with E-state index in [0.717, 1.165) is 19.0 Å². The van der Waals surface area contributed by atoms with Gasteiger partial charge in [0.05, 0.1) is 13.2 Å². The molecule has 0 saturated carbocycles. The minimum atomic E-state index is -4.58. The number of anilines is 2. The van der Waals surface area contributed by atoms with E-state index < -0.39 is 11.7 Å². The Kier molecular flexibility index (Phi) is 7.27. The lowest BCUT2D eigenvalue weighted by Gasteiger charge is -2.23. The number of halogens is 3. The lowest BCUT2D eigenvalue weighted by molar-refractivity contribution is -0.137. The number of benzene rings is 1. The van der Waals surface area contributed by atoms with E-state index in [0.29, 0.717) is 31.1 Å². The standard InChI is InChI=1S/C19H24F3N3O2/c1-4-6-11-26-15-9-7-8-14(12-15)25(3)17-16(19(20,21)22)13-23-18(24-17)27-10-5-2/h7-9,12-13H,4-6,10-11H2,1-3H3. The van der Waals surface area contributed by atoms with Crippen molar-refractivity contribution in [2.75, 3.05) is 25.2 Å². The maximum atomic E-state index is 13.4. The van der Waals surface area contributed by atoms with Gasteiger partial charge in [0.15, 0.2) is 5.82 Å². The quantitative estimate of drug-likeness (QED) is 0.555. The molecule has 0 bridgehead atoms. The first-order valence-electron chi connectivity index (χ1n) is 8.90. The van der Waals surface area contributed by atoms with Gasteiger partial charge < -0.3 is 14.4 Å². The fourth-order valence-corrected chi connectivity index (χ4v) is 2.31. The van der Waals surface area contributed by atoms with Crippen LogP contribution in [-0.4, -0.2) is 30.2 Å². The Morgan fingerprint density at radius 1 is 1.07 bits per heavy atom. The van der Waals surface area contributed by atoms with Crippen molar-refractivity contribution in [3.63, 3.8) is 0 Å². The third kappa shape index (κ3) is 5.74. The van der Waals surface area contributed by atoms with Gasteiger partial charge in [-0.05, 0) is 25.0 Å². The van der Waals surface area contributed by atoms with E-state index in [2.05, 4.69) is 16.9 Å². The van der Waals surface area contributed by atoms with Crippen LogP contribution in [0.15, 0.2) is 30.5 Å². The number of hydrogen-bond donors (Lipinski definition) is 0. The molecule has 0 aliphatic heterocycles. The van der Waals surface area contributed by atoms with Crippen molar-refractivity contribution < 1.29 is 22.6 Å². The highest BCUT2D eigenvalue weighted by Gasteiger charge is 2.36. The van der Waals surface area contributed by atoms with E-state index in [1.807, 2.05) is 6.92 Å². The summed E-state index contributed by atoms with van der Waals surface area (Å²) in [6.07, 6.45) is -1.22. The Labute approximate surface area is 157 Å². The Morgan fingerprint density at radius 3 is 2.52 bits per heavy atom. The molecule has 1 aromatic carbocycles. The van der Waals surface area contributed by atoms with Crippen LogP contribution < -0.4 is 14.4 Å². The van der Waals surface area contributed by atoms with Crippen LogP contribution in [0.2, 0.25) is 0 Å². The Bertz CT molecular complexity index is 738. The topological polar surface area (TPSA) is 47.5 Å². The number of alkyl halides is 3. The molecule has 0 amide bonds. The smallest absolute Gasteiger partial charge is 0.421 e. The summed E-state index contributed by atoms with van der Waals surface area (Å²) in [7, 11) is 1.52. The second-order valence-electron chi connectivity index (χ2n) is 5.99. The van der Waals surface area contributed by atoms with Crippen molar-refractivity contribution in [3.05, 3.63) is 36.0 Å². The average Bonchev–Trinajstić information content (AvgIpc) is 2.65. The van der Waals surface area contributed by atoms with Crippen LogP contribution in [0.25, 0.3) is 0 Å². The molecule has 1 aromatic heterocycles. The first kappa shape index (κ1) is 20.8. The van der Waals surface area contributed by atoms with Crippen molar-refractivity contribution in [2.45, 2.75) is 39.3 Å². The third-order valence-electron chi connectivity index (χ3n) is 3.78. The maximum Gasteiger partial charge on any atom is 0.421 e. The number of ether oxygens (including phenoxy) is 2. The number of rotatable bonds is 9. The van der Waals surface area contributed by atoms with Crippen molar-refractivity contribution in [1.82, 2.24) is 9.97 Å². The zero-order valence-electron chi connectivity index (χ0n) is 15.7. The normalized spacial score (nSPS) is 11.3.